The molecule has 2 aromatic rings. The molecule has 0 saturated heterocycles. The van der Waals surface area contributed by atoms with Gasteiger partial charge in [0.2, 0.25) is 11.8 Å². The molecule has 0 fully saturated rings. The molecule has 1 aromatic carbocycles. The van der Waals surface area contributed by atoms with Crippen LogP contribution in [0.25, 0.3) is 0 Å². The lowest BCUT2D eigenvalue weighted by atomic mass is 9.67. The molecule has 0 aliphatic carbocycles. The molecule has 1 aromatic heterocycles. The van der Waals surface area contributed by atoms with Gasteiger partial charge in [-0.1, -0.05) is 24.6 Å². The second-order valence-corrected chi connectivity index (χ2v) is 6.33. The zero-order chi connectivity index (χ0) is 19.1. The number of benzene rings is 1. The third-order valence-electron chi connectivity index (χ3n) is 4.59. The quantitative estimate of drug-likeness (QED) is 0.833. The number of carbonyl (C=O) groups is 2. The number of nitrogens with zero attached hydrogens (tertiary/aromatic N) is 1. The zero-order valence-corrected chi connectivity index (χ0v) is 14.8. The lowest BCUT2D eigenvalue weighted by Gasteiger charge is -2.32. The summed E-state index contributed by atoms with van der Waals surface area (Å²) in [6, 6.07) is 5.54. The topological polar surface area (TPSA) is 88.5 Å². The van der Waals surface area contributed by atoms with Crippen molar-refractivity contribution < 1.29 is 23.8 Å². The van der Waals surface area contributed by atoms with Gasteiger partial charge in [-0.05, 0) is 30.7 Å². The molecule has 8 heteroatoms. The number of pyridine rings is 1. The maximum absolute atomic E-state index is 13.9. The number of anilines is 1. The second kappa shape index (κ2) is 6.57. The summed E-state index contributed by atoms with van der Waals surface area (Å²) in [5.74, 6) is -3.54. The van der Waals surface area contributed by atoms with Crippen LogP contribution in [0.2, 0.25) is 5.02 Å². The van der Waals surface area contributed by atoms with E-state index >= 15 is 0 Å². The number of ether oxygens (including phenoxy) is 1. The summed E-state index contributed by atoms with van der Waals surface area (Å²) < 4.78 is 19.4. The number of hydrogen-bond acceptors (Lipinski definition) is 4. The summed E-state index contributed by atoms with van der Waals surface area (Å²) in [5.41, 5.74) is -0.915. The molecule has 0 saturated carbocycles. The SMILES string of the molecule is CCOc1ncccc1C1(C(C)C(=O)O)C(=O)Nc2cc(F)c(Cl)cc21. The number of aromatic nitrogens is 1. The van der Waals surface area contributed by atoms with Crippen molar-refractivity contribution in [2.45, 2.75) is 19.3 Å². The molecule has 3 rings (SSSR count). The van der Waals surface area contributed by atoms with Gasteiger partial charge in [0.1, 0.15) is 11.2 Å². The van der Waals surface area contributed by atoms with Crippen LogP contribution in [0.15, 0.2) is 30.5 Å². The lowest BCUT2D eigenvalue weighted by Crippen LogP contribution is -2.45. The third-order valence-corrected chi connectivity index (χ3v) is 4.88. The molecule has 6 nitrogen and oxygen atoms in total. The first-order chi connectivity index (χ1) is 12.3. The summed E-state index contributed by atoms with van der Waals surface area (Å²) in [5, 5.41) is 12.1. The molecule has 2 N–H and O–H groups in total. The number of carboxylic acid groups (broad SMARTS) is 1. The van der Waals surface area contributed by atoms with Crippen molar-refractivity contribution in [2.75, 3.05) is 11.9 Å². The summed E-state index contributed by atoms with van der Waals surface area (Å²) >= 11 is 5.93. The predicted octanol–water partition coefficient (Wildman–Crippen LogP) is 3.23. The molecule has 0 bridgehead atoms. The Kier molecular flexibility index (Phi) is 4.58. The van der Waals surface area contributed by atoms with Gasteiger partial charge < -0.3 is 15.2 Å². The van der Waals surface area contributed by atoms with E-state index in [1.807, 2.05) is 0 Å². The Bertz CT molecular complexity index is 905. The van der Waals surface area contributed by atoms with Gasteiger partial charge in [-0.2, -0.15) is 0 Å². The van der Waals surface area contributed by atoms with Crippen molar-refractivity contribution in [3.8, 4) is 5.88 Å². The minimum absolute atomic E-state index is 0.145. The fourth-order valence-electron chi connectivity index (χ4n) is 3.38. The summed E-state index contributed by atoms with van der Waals surface area (Å²) in [6.07, 6.45) is 1.49. The van der Waals surface area contributed by atoms with E-state index < -0.39 is 29.0 Å². The van der Waals surface area contributed by atoms with Gasteiger partial charge in [0, 0.05) is 17.4 Å². The van der Waals surface area contributed by atoms with Crippen LogP contribution in [-0.4, -0.2) is 28.6 Å². The normalized spacial score (nSPS) is 19.6. The molecule has 0 radical (unpaired) electrons. The van der Waals surface area contributed by atoms with Gasteiger partial charge in [-0.25, -0.2) is 9.37 Å². The number of halogens is 2. The lowest BCUT2D eigenvalue weighted by molar-refractivity contribution is -0.145. The van der Waals surface area contributed by atoms with Gasteiger partial charge in [0.15, 0.2) is 0 Å². The predicted molar refractivity (Wildman–Crippen MR) is 93.0 cm³/mol. The number of rotatable bonds is 5. The van der Waals surface area contributed by atoms with Crippen LogP contribution >= 0.6 is 11.6 Å². The van der Waals surface area contributed by atoms with Crippen LogP contribution in [0, 0.1) is 11.7 Å². The minimum Gasteiger partial charge on any atom is -0.481 e. The molecule has 2 unspecified atom stereocenters. The van der Waals surface area contributed by atoms with E-state index in [9.17, 15) is 19.1 Å². The summed E-state index contributed by atoms with van der Waals surface area (Å²) in [7, 11) is 0. The molecule has 2 heterocycles. The number of hydrogen-bond donors (Lipinski definition) is 2. The molecule has 1 amide bonds. The highest BCUT2D eigenvalue weighted by molar-refractivity contribution is 6.31. The van der Waals surface area contributed by atoms with Crippen LogP contribution in [0.5, 0.6) is 5.88 Å². The Labute approximate surface area is 154 Å². The van der Waals surface area contributed by atoms with Gasteiger partial charge in [-0.15, -0.1) is 0 Å². The van der Waals surface area contributed by atoms with E-state index in [4.69, 9.17) is 16.3 Å². The van der Waals surface area contributed by atoms with Gasteiger partial charge in [0.05, 0.1) is 17.5 Å². The number of carboxylic acids is 1. The van der Waals surface area contributed by atoms with Crippen molar-refractivity contribution in [3.05, 3.63) is 52.4 Å². The Balaban J connectivity index is 2.39. The third kappa shape index (κ3) is 2.50. The number of nitrogens with one attached hydrogen (secondary N) is 1. The average molecular weight is 379 g/mol. The average Bonchev–Trinajstić information content (AvgIpc) is 2.87. The van der Waals surface area contributed by atoms with Crippen molar-refractivity contribution in [1.82, 2.24) is 4.98 Å². The van der Waals surface area contributed by atoms with E-state index in [1.54, 1.807) is 19.1 Å². The van der Waals surface area contributed by atoms with E-state index in [2.05, 4.69) is 10.3 Å². The Morgan fingerprint density at radius 1 is 1.46 bits per heavy atom. The largest absolute Gasteiger partial charge is 0.481 e. The number of amides is 1. The number of carbonyl (C=O) groups excluding carboxylic acids is 1. The number of aliphatic carboxylic acids is 1. The van der Waals surface area contributed by atoms with Crippen LogP contribution < -0.4 is 10.1 Å². The van der Waals surface area contributed by atoms with Gasteiger partial charge in [0.25, 0.3) is 0 Å². The van der Waals surface area contributed by atoms with Crippen molar-refractivity contribution in [3.63, 3.8) is 0 Å². The van der Waals surface area contributed by atoms with Crippen molar-refractivity contribution >= 4 is 29.2 Å². The second-order valence-electron chi connectivity index (χ2n) is 5.92. The Hall–Kier alpha value is -2.67. The zero-order valence-electron chi connectivity index (χ0n) is 14.0. The fourth-order valence-corrected chi connectivity index (χ4v) is 3.54. The monoisotopic (exact) mass is 378 g/mol. The first-order valence-corrected chi connectivity index (χ1v) is 8.33. The van der Waals surface area contributed by atoms with Gasteiger partial charge in [-0.3, -0.25) is 9.59 Å². The van der Waals surface area contributed by atoms with E-state index in [0.29, 0.717) is 0 Å². The molecular weight excluding hydrogens is 363 g/mol. The standard InChI is InChI=1S/C18H16ClFN2O4/c1-3-26-15-10(5-4-6-21-15)18(9(2)16(23)24)11-7-12(19)13(20)8-14(11)22-17(18)25/h4-9H,3H2,1-2H3,(H,22,25)(H,23,24). The Morgan fingerprint density at radius 2 is 2.19 bits per heavy atom. The molecule has 1 aliphatic heterocycles. The highest BCUT2D eigenvalue weighted by atomic mass is 35.5. The number of fused-ring (bicyclic) bond motifs is 1. The van der Waals surface area contributed by atoms with Crippen LogP contribution in [0.3, 0.4) is 0 Å². The van der Waals surface area contributed by atoms with Crippen LogP contribution in [-0.2, 0) is 15.0 Å². The van der Waals surface area contributed by atoms with E-state index in [0.717, 1.165) is 6.07 Å². The van der Waals surface area contributed by atoms with Gasteiger partial charge >= 0.3 is 5.97 Å². The van der Waals surface area contributed by atoms with Crippen molar-refractivity contribution in [1.29, 1.82) is 0 Å². The maximum Gasteiger partial charge on any atom is 0.308 e. The molecule has 1 aliphatic rings. The van der Waals surface area contributed by atoms with Crippen molar-refractivity contribution in [2.24, 2.45) is 5.92 Å². The molecule has 2 atom stereocenters. The summed E-state index contributed by atoms with van der Waals surface area (Å²) in [6.45, 7) is 3.44. The highest BCUT2D eigenvalue weighted by Crippen LogP contribution is 2.51. The van der Waals surface area contributed by atoms with Crippen LogP contribution in [0.4, 0.5) is 10.1 Å². The maximum atomic E-state index is 13.9. The van der Waals surface area contributed by atoms with Crippen LogP contribution in [0.1, 0.15) is 25.0 Å². The first kappa shape index (κ1) is 18.1. The molecule has 0 spiro atoms. The Morgan fingerprint density at radius 3 is 2.85 bits per heavy atom. The highest BCUT2D eigenvalue weighted by Gasteiger charge is 2.56. The summed E-state index contributed by atoms with van der Waals surface area (Å²) in [4.78, 5) is 29.1. The first-order valence-electron chi connectivity index (χ1n) is 7.96. The fraction of sp³-hybridized carbons (Fsp3) is 0.278. The minimum atomic E-state index is -1.66. The molecular formula is C18H16ClFN2O4. The van der Waals surface area contributed by atoms with E-state index in [-0.39, 0.29) is 34.3 Å². The smallest absolute Gasteiger partial charge is 0.308 e. The molecule has 26 heavy (non-hydrogen) atoms. The van der Waals surface area contributed by atoms with E-state index in [1.165, 1.54) is 19.2 Å². The molecule has 136 valence electrons.